The zero-order chi connectivity index (χ0) is 18.7. The first-order valence-corrected chi connectivity index (χ1v) is 8.60. The van der Waals surface area contributed by atoms with Crippen LogP contribution >= 0.6 is 12.2 Å². The molecule has 1 aliphatic heterocycles. The van der Waals surface area contributed by atoms with Crippen LogP contribution in [0.15, 0.2) is 30.3 Å². The van der Waals surface area contributed by atoms with E-state index in [1.54, 1.807) is 0 Å². The van der Waals surface area contributed by atoms with E-state index in [-0.39, 0.29) is 16.9 Å². The van der Waals surface area contributed by atoms with Gasteiger partial charge in [0.15, 0.2) is 10.8 Å². The second-order valence-electron chi connectivity index (χ2n) is 5.86. The van der Waals surface area contributed by atoms with E-state index in [0.29, 0.717) is 19.6 Å². The van der Waals surface area contributed by atoms with Crippen LogP contribution in [0.25, 0.3) is 0 Å². The van der Waals surface area contributed by atoms with Crippen LogP contribution in [0.3, 0.4) is 0 Å². The van der Waals surface area contributed by atoms with Gasteiger partial charge < -0.3 is 15.5 Å². The molecule has 26 heavy (non-hydrogen) atoms. The number of fused-ring (bicyclic) bond motifs is 1. The fourth-order valence-electron chi connectivity index (χ4n) is 2.80. The van der Waals surface area contributed by atoms with Gasteiger partial charge in [0.2, 0.25) is 5.95 Å². The summed E-state index contributed by atoms with van der Waals surface area (Å²) in [5.74, 6) is 0.0586. The van der Waals surface area contributed by atoms with E-state index < -0.39 is 11.9 Å². The highest BCUT2D eigenvalue weighted by atomic mass is 32.1. The molecule has 2 N–H and O–H groups in total. The smallest absolute Gasteiger partial charge is 0.363 e. The first-order valence-electron chi connectivity index (χ1n) is 8.19. The molecule has 0 bridgehead atoms. The standard InChI is InChI=1S/C17H18F3N5S/c1-2-21-16(26)24-15-22-13(17(18,19)20)9-14(23-15)25-8-7-11-5-3-4-6-12(11)10-25/h3-6,9H,2,7-8,10H2,1H3,(H2,21,22,23,24,26). The maximum atomic E-state index is 13.3. The normalized spacial score (nSPS) is 13.9. The molecule has 0 saturated heterocycles. The van der Waals surface area contributed by atoms with E-state index in [9.17, 15) is 13.2 Å². The number of hydrogen-bond donors (Lipinski definition) is 2. The molecule has 0 atom stereocenters. The first-order chi connectivity index (χ1) is 12.4. The molecule has 0 aliphatic carbocycles. The SMILES string of the molecule is CCNC(=S)Nc1nc(N2CCc3ccccc3C2)cc(C(F)(F)F)n1. The van der Waals surface area contributed by atoms with E-state index in [1.165, 1.54) is 5.56 Å². The van der Waals surface area contributed by atoms with Gasteiger partial charge in [0, 0.05) is 25.7 Å². The fourth-order valence-corrected chi connectivity index (χ4v) is 3.03. The van der Waals surface area contributed by atoms with Gasteiger partial charge in [-0.1, -0.05) is 24.3 Å². The zero-order valence-electron chi connectivity index (χ0n) is 14.1. The van der Waals surface area contributed by atoms with Crippen molar-refractivity contribution in [1.29, 1.82) is 0 Å². The Labute approximate surface area is 154 Å². The average Bonchev–Trinajstić information content (AvgIpc) is 2.60. The summed E-state index contributed by atoms with van der Waals surface area (Å²) in [5, 5.41) is 5.62. The molecule has 0 fully saturated rings. The summed E-state index contributed by atoms with van der Waals surface area (Å²) in [6.45, 7) is 3.46. The van der Waals surface area contributed by atoms with Gasteiger partial charge in [0.25, 0.3) is 0 Å². The molecule has 5 nitrogen and oxygen atoms in total. The van der Waals surface area contributed by atoms with Gasteiger partial charge in [-0.05, 0) is 36.7 Å². The zero-order valence-corrected chi connectivity index (χ0v) is 14.9. The Morgan fingerprint density at radius 3 is 2.65 bits per heavy atom. The lowest BCUT2D eigenvalue weighted by molar-refractivity contribution is -0.141. The minimum Gasteiger partial charge on any atom is -0.363 e. The Hall–Kier alpha value is -2.42. The number of hydrogen-bond acceptors (Lipinski definition) is 4. The van der Waals surface area contributed by atoms with Gasteiger partial charge in [-0.15, -0.1) is 0 Å². The lowest BCUT2D eigenvalue weighted by Crippen LogP contribution is -2.33. The van der Waals surface area contributed by atoms with Crippen molar-refractivity contribution in [2.75, 3.05) is 23.3 Å². The van der Waals surface area contributed by atoms with Gasteiger partial charge in [-0.3, -0.25) is 0 Å². The van der Waals surface area contributed by atoms with Crippen molar-refractivity contribution < 1.29 is 13.2 Å². The van der Waals surface area contributed by atoms with E-state index >= 15 is 0 Å². The molecule has 138 valence electrons. The molecule has 2 heterocycles. The topological polar surface area (TPSA) is 53.1 Å². The third kappa shape index (κ3) is 4.21. The minimum absolute atomic E-state index is 0.167. The molecule has 0 saturated carbocycles. The molecule has 1 aliphatic rings. The van der Waals surface area contributed by atoms with Crippen LogP contribution in [-0.2, 0) is 19.1 Å². The van der Waals surface area contributed by atoms with Crippen LogP contribution in [0.4, 0.5) is 24.9 Å². The third-order valence-electron chi connectivity index (χ3n) is 4.02. The summed E-state index contributed by atoms with van der Waals surface area (Å²) in [5.41, 5.74) is 1.30. The molecular formula is C17H18F3N5S. The number of halogens is 3. The number of nitrogens with one attached hydrogen (secondary N) is 2. The molecule has 1 aromatic carbocycles. The van der Waals surface area contributed by atoms with Crippen molar-refractivity contribution in [2.45, 2.75) is 26.1 Å². The van der Waals surface area contributed by atoms with Gasteiger partial charge >= 0.3 is 6.18 Å². The number of benzene rings is 1. The maximum absolute atomic E-state index is 13.3. The largest absolute Gasteiger partial charge is 0.433 e. The number of nitrogens with zero attached hydrogens (tertiary/aromatic N) is 3. The van der Waals surface area contributed by atoms with Crippen LogP contribution < -0.4 is 15.5 Å². The number of alkyl halides is 3. The Kier molecular flexibility index (Phi) is 5.26. The van der Waals surface area contributed by atoms with Crippen LogP contribution in [-0.4, -0.2) is 28.2 Å². The van der Waals surface area contributed by atoms with Gasteiger partial charge in [-0.2, -0.15) is 18.2 Å². The maximum Gasteiger partial charge on any atom is 0.433 e. The molecule has 0 amide bonds. The quantitative estimate of drug-likeness (QED) is 0.796. The number of thiocarbonyl (C=S) groups is 1. The summed E-state index contributed by atoms with van der Waals surface area (Å²) < 4.78 is 39.8. The van der Waals surface area contributed by atoms with Crippen molar-refractivity contribution in [3.8, 4) is 0 Å². The highest BCUT2D eigenvalue weighted by Gasteiger charge is 2.34. The summed E-state index contributed by atoms with van der Waals surface area (Å²) >= 11 is 5.03. The average molecular weight is 381 g/mol. The Morgan fingerprint density at radius 1 is 1.23 bits per heavy atom. The molecule has 2 aromatic rings. The second kappa shape index (κ2) is 7.45. The number of anilines is 2. The highest BCUT2D eigenvalue weighted by Crippen LogP contribution is 2.32. The second-order valence-corrected chi connectivity index (χ2v) is 6.27. The van der Waals surface area contributed by atoms with Crippen LogP contribution in [0.2, 0.25) is 0 Å². The molecule has 0 unspecified atom stereocenters. The monoisotopic (exact) mass is 381 g/mol. The molecule has 0 spiro atoms. The van der Waals surface area contributed by atoms with Gasteiger partial charge in [-0.25, -0.2) is 4.98 Å². The van der Waals surface area contributed by atoms with Crippen molar-refractivity contribution in [2.24, 2.45) is 0 Å². The summed E-state index contributed by atoms with van der Waals surface area (Å²) in [4.78, 5) is 9.63. The minimum atomic E-state index is -4.57. The molecule has 3 rings (SSSR count). The molecule has 9 heteroatoms. The lowest BCUT2D eigenvalue weighted by Gasteiger charge is -2.30. The van der Waals surface area contributed by atoms with E-state index in [4.69, 9.17) is 12.2 Å². The first kappa shape index (κ1) is 18.4. The Morgan fingerprint density at radius 2 is 1.96 bits per heavy atom. The Bertz CT molecular complexity index is 809. The number of rotatable bonds is 3. The summed E-state index contributed by atoms with van der Waals surface area (Å²) in [6, 6.07) is 8.88. The van der Waals surface area contributed by atoms with Crippen molar-refractivity contribution in [3.63, 3.8) is 0 Å². The van der Waals surface area contributed by atoms with E-state index in [0.717, 1.165) is 18.1 Å². The summed E-state index contributed by atoms with van der Waals surface area (Å²) in [7, 11) is 0. The predicted octanol–water partition coefficient (Wildman–Crippen LogP) is 3.36. The third-order valence-corrected chi connectivity index (χ3v) is 4.27. The lowest BCUT2D eigenvalue weighted by atomic mass is 10.00. The Balaban J connectivity index is 1.92. The highest BCUT2D eigenvalue weighted by molar-refractivity contribution is 7.80. The van der Waals surface area contributed by atoms with E-state index in [1.807, 2.05) is 36.1 Å². The van der Waals surface area contributed by atoms with E-state index in [2.05, 4.69) is 20.6 Å². The van der Waals surface area contributed by atoms with Crippen molar-refractivity contribution >= 4 is 29.1 Å². The van der Waals surface area contributed by atoms with Crippen LogP contribution in [0, 0.1) is 0 Å². The molecular weight excluding hydrogens is 363 g/mol. The van der Waals surface area contributed by atoms with Crippen molar-refractivity contribution in [1.82, 2.24) is 15.3 Å². The molecule has 1 aromatic heterocycles. The molecule has 0 radical (unpaired) electrons. The summed E-state index contributed by atoms with van der Waals surface area (Å²) in [6.07, 6.45) is -3.82. The van der Waals surface area contributed by atoms with Crippen LogP contribution in [0.5, 0.6) is 0 Å². The number of aromatic nitrogens is 2. The van der Waals surface area contributed by atoms with Gasteiger partial charge in [0.1, 0.15) is 5.82 Å². The predicted molar refractivity (Wildman–Crippen MR) is 98.1 cm³/mol. The fraction of sp³-hybridized carbons (Fsp3) is 0.353. The van der Waals surface area contributed by atoms with Crippen molar-refractivity contribution in [3.05, 3.63) is 47.2 Å². The van der Waals surface area contributed by atoms with Crippen LogP contribution in [0.1, 0.15) is 23.7 Å². The van der Waals surface area contributed by atoms with Gasteiger partial charge in [0.05, 0.1) is 0 Å².